The molecule has 1 saturated heterocycles. The first-order valence-electron chi connectivity index (χ1n) is 6.71. The predicted molar refractivity (Wildman–Crippen MR) is 68.9 cm³/mol. The second-order valence-electron chi connectivity index (χ2n) is 5.23. The number of hydrogen-bond acceptors (Lipinski definition) is 3. The first kappa shape index (κ1) is 15.0. The van der Waals surface area contributed by atoms with Crippen molar-refractivity contribution in [3.63, 3.8) is 0 Å². The maximum atomic E-state index is 11.9. The van der Waals surface area contributed by atoms with Gasteiger partial charge in [-0.3, -0.25) is 9.59 Å². The third-order valence-corrected chi connectivity index (χ3v) is 3.29. The highest BCUT2D eigenvalue weighted by atomic mass is 16.3. The largest absolute Gasteiger partial charge is 0.391 e. The molecule has 1 heterocycles. The molecule has 1 aliphatic heterocycles. The van der Waals surface area contributed by atoms with E-state index in [-0.39, 0.29) is 36.7 Å². The number of carbonyl (C=O) groups is 2. The summed E-state index contributed by atoms with van der Waals surface area (Å²) in [4.78, 5) is 25.3. The van der Waals surface area contributed by atoms with Crippen LogP contribution < -0.4 is 5.32 Å². The topological polar surface area (TPSA) is 69.6 Å². The summed E-state index contributed by atoms with van der Waals surface area (Å²) < 4.78 is 0. The second-order valence-corrected chi connectivity index (χ2v) is 5.23. The highest BCUT2D eigenvalue weighted by Gasteiger charge is 2.35. The van der Waals surface area contributed by atoms with Crippen molar-refractivity contribution < 1.29 is 14.7 Å². The van der Waals surface area contributed by atoms with Crippen LogP contribution >= 0.6 is 0 Å². The molecule has 2 unspecified atom stereocenters. The van der Waals surface area contributed by atoms with E-state index in [1.165, 1.54) is 0 Å². The van der Waals surface area contributed by atoms with E-state index in [1.807, 2.05) is 20.8 Å². The lowest BCUT2D eigenvalue weighted by Gasteiger charge is -2.20. The average molecular weight is 256 g/mol. The van der Waals surface area contributed by atoms with E-state index in [1.54, 1.807) is 4.90 Å². The van der Waals surface area contributed by atoms with Gasteiger partial charge in [-0.1, -0.05) is 13.3 Å². The highest BCUT2D eigenvalue weighted by Crippen LogP contribution is 2.20. The Morgan fingerprint density at radius 1 is 1.56 bits per heavy atom. The number of likely N-dealkylation sites (tertiary alicyclic amines) is 1. The van der Waals surface area contributed by atoms with Crippen molar-refractivity contribution in [1.82, 2.24) is 10.2 Å². The lowest BCUT2D eigenvalue weighted by Crippen LogP contribution is -2.38. The zero-order chi connectivity index (χ0) is 13.7. The van der Waals surface area contributed by atoms with Gasteiger partial charge in [-0.05, 0) is 20.3 Å². The molecule has 2 atom stereocenters. The predicted octanol–water partition coefficient (Wildman–Crippen LogP) is 0.520. The Morgan fingerprint density at radius 2 is 2.22 bits per heavy atom. The van der Waals surface area contributed by atoms with Crippen LogP contribution in [0, 0.1) is 5.92 Å². The van der Waals surface area contributed by atoms with Gasteiger partial charge < -0.3 is 15.3 Å². The fourth-order valence-electron chi connectivity index (χ4n) is 2.20. The molecule has 0 aromatic heterocycles. The molecule has 1 fully saturated rings. The van der Waals surface area contributed by atoms with Crippen LogP contribution in [-0.2, 0) is 9.59 Å². The minimum atomic E-state index is -0.489. The molecule has 0 bridgehead atoms. The summed E-state index contributed by atoms with van der Waals surface area (Å²) in [5.41, 5.74) is 0. The minimum Gasteiger partial charge on any atom is -0.391 e. The Balaban J connectivity index is 2.38. The van der Waals surface area contributed by atoms with Gasteiger partial charge in [0.1, 0.15) is 0 Å². The third-order valence-electron chi connectivity index (χ3n) is 3.29. The summed E-state index contributed by atoms with van der Waals surface area (Å²) in [5, 5.41) is 12.3. The van der Waals surface area contributed by atoms with Gasteiger partial charge in [0.2, 0.25) is 11.8 Å². The average Bonchev–Trinajstić information content (AvgIpc) is 2.69. The smallest absolute Gasteiger partial charge is 0.225 e. The van der Waals surface area contributed by atoms with Gasteiger partial charge >= 0.3 is 0 Å². The molecule has 5 nitrogen and oxygen atoms in total. The molecule has 0 radical (unpaired) electrons. The molecule has 18 heavy (non-hydrogen) atoms. The van der Waals surface area contributed by atoms with E-state index in [2.05, 4.69) is 5.32 Å². The zero-order valence-electron chi connectivity index (χ0n) is 11.5. The molecule has 0 aliphatic carbocycles. The summed E-state index contributed by atoms with van der Waals surface area (Å²) in [7, 11) is 0. The zero-order valence-corrected chi connectivity index (χ0v) is 11.5. The van der Waals surface area contributed by atoms with Crippen LogP contribution in [0.2, 0.25) is 0 Å². The maximum absolute atomic E-state index is 11.9. The number of rotatable bonds is 6. The lowest BCUT2D eigenvalue weighted by molar-refractivity contribution is -0.130. The molecule has 1 aliphatic rings. The Kier molecular flexibility index (Phi) is 5.59. The van der Waals surface area contributed by atoms with Gasteiger partial charge in [-0.2, -0.15) is 0 Å². The van der Waals surface area contributed by atoms with E-state index in [4.69, 9.17) is 0 Å². The fourth-order valence-corrected chi connectivity index (χ4v) is 2.20. The number of carbonyl (C=O) groups excluding carboxylic acids is 2. The van der Waals surface area contributed by atoms with E-state index in [0.29, 0.717) is 13.0 Å². The third kappa shape index (κ3) is 3.98. The van der Waals surface area contributed by atoms with E-state index < -0.39 is 6.10 Å². The van der Waals surface area contributed by atoms with Crippen molar-refractivity contribution in [3.05, 3.63) is 0 Å². The van der Waals surface area contributed by atoms with Gasteiger partial charge in [-0.25, -0.2) is 0 Å². The Morgan fingerprint density at radius 3 is 2.72 bits per heavy atom. The number of nitrogens with zero attached hydrogens (tertiary/aromatic N) is 1. The molecule has 104 valence electrons. The highest BCUT2D eigenvalue weighted by molar-refractivity contribution is 5.89. The van der Waals surface area contributed by atoms with Gasteiger partial charge in [0.25, 0.3) is 0 Å². The van der Waals surface area contributed by atoms with Crippen LogP contribution in [0.5, 0.6) is 0 Å². The second kappa shape index (κ2) is 6.73. The lowest BCUT2D eigenvalue weighted by atomic mass is 10.1. The summed E-state index contributed by atoms with van der Waals surface area (Å²) >= 11 is 0. The first-order chi connectivity index (χ1) is 8.45. The molecule has 2 N–H and O–H groups in total. The van der Waals surface area contributed by atoms with Crippen molar-refractivity contribution in [2.24, 2.45) is 5.92 Å². The van der Waals surface area contributed by atoms with E-state index >= 15 is 0 Å². The number of aliphatic hydroxyl groups is 1. The van der Waals surface area contributed by atoms with Gasteiger partial charge in [0.05, 0.1) is 12.0 Å². The molecule has 0 saturated carbocycles. The van der Waals surface area contributed by atoms with Crippen molar-refractivity contribution in [3.8, 4) is 0 Å². The standard InChI is InChI=1S/C13H24N2O3/c1-4-5-11(16)7-14-13(18)10-6-12(17)15(8-10)9(2)3/h9-11,16H,4-8H2,1-3H3,(H,14,18). The van der Waals surface area contributed by atoms with Gasteiger partial charge in [-0.15, -0.1) is 0 Å². The van der Waals surface area contributed by atoms with Crippen molar-refractivity contribution >= 4 is 11.8 Å². The van der Waals surface area contributed by atoms with Crippen LogP contribution in [0.25, 0.3) is 0 Å². The minimum absolute atomic E-state index is 0.0410. The summed E-state index contributed by atoms with van der Waals surface area (Å²) in [6.07, 6.45) is 1.37. The van der Waals surface area contributed by atoms with E-state index in [9.17, 15) is 14.7 Å². The van der Waals surface area contributed by atoms with E-state index in [0.717, 1.165) is 6.42 Å². The van der Waals surface area contributed by atoms with Crippen LogP contribution in [-0.4, -0.2) is 47.1 Å². The van der Waals surface area contributed by atoms with Gasteiger partial charge in [0, 0.05) is 25.6 Å². The quantitative estimate of drug-likeness (QED) is 0.728. The molecule has 1 rings (SSSR count). The fraction of sp³-hybridized carbons (Fsp3) is 0.846. The number of nitrogens with one attached hydrogen (secondary N) is 1. The Bertz CT molecular complexity index is 305. The van der Waals surface area contributed by atoms with Crippen LogP contribution in [0.3, 0.4) is 0 Å². The normalized spacial score (nSPS) is 21.5. The maximum Gasteiger partial charge on any atom is 0.225 e. The van der Waals surface area contributed by atoms with Crippen LogP contribution in [0.1, 0.15) is 40.0 Å². The molecule has 5 heteroatoms. The molecule has 0 aromatic rings. The van der Waals surface area contributed by atoms with Crippen LogP contribution in [0.4, 0.5) is 0 Å². The number of aliphatic hydroxyl groups excluding tert-OH is 1. The molecule has 0 aromatic carbocycles. The van der Waals surface area contributed by atoms with Crippen molar-refractivity contribution in [2.45, 2.75) is 52.2 Å². The summed E-state index contributed by atoms with van der Waals surface area (Å²) in [6, 6.07) is 0.140. The van der Waals surface area contributed by atoms with Crippen molar-refractivity contribution in [1.29, 1.82) is 0 Å². The Hall–Kier alpha value is -1.10. The van der Waals surface area contributed by atoms with Gasteiger partial charge in [0.15, 0.2) is 0 Å². The first-order valence-corrected chi connectivity index (χ1v) is 6.71. The SMILES string of the molecule is CCCC(O)CNC(=O)C1CC(=O)N(C(C)C)C1. The monoisotopic (exact) mass is 256 g/mol. The molecule has 0 spiro atoms. The summed E-state index contributed by atoms with van der Waals surface area (Å²) in [5.74, 6) is -0.352. The summed E-state index contributed by atoms with van der Waals surface area (Å²) in [6.45, 7) is 6.65. The number of hydrogen-bond donors (Lipinski definition) is 2. The molecular weight excluding hydrogens is 232 g/mol. The molecular formula is C13H24N2O3. The molecule has 2 amide bonds. The van der Waals surface area contributed by atoms with Crippen molar-refractivity contribution in [2.75, 3.05) is 13.1 Å². The number of amides is 2. The van der Waals surface area contributed by atoms with Crippen LogP contribution in [0.15, 0.2) is 0 Å². The Labute approximate surface area is 109 Å².